The summed E-state index contributed by atoms with van der Waals surface area (Å²) in [5.74, 6) is 0.635. The van der Waals surface area contributed by atoms with Gasteiger partial charge in [0.2, 0.25) is 5.91 Å². The Hall–Kier alpha value is -2.67. The van der Waals surface area contributed by atoms with Crippen molar-refractivity contribution in [3.63, 3.8) is 0 Å². The molecule has 5 rings (SSSR count). The third-order valence-electron chi connectivity index (χ3n) is 5.78. The van der Waals surface area contributed by atoms with E-state index in [-0.39, 0.29) is 12.0 Å². The van der Waals surface area contributed by atoms with Gasteiger partial charge in [-0.15, -0.1) is 0 Å². The van der Waals surface area contributed by atoms with E-state index in [4.69, 9.17) is 26.1 Å². The number of ether oxygens (including phenoxy) is 2. The normalized spacial score (nSPS) is 16.0. The summed E-state index contributed by atoms with van der Waals surface area (Å²) in [5, 5.41) is 3.50. The molecule has 1 amide bonds. The number of hydrogen-bond acceptors (Lipinski definition) is 5. The Balaban J connectivity index is 1.49. The Morgan fingerprint density at radius 2 is 2.06 bits per heavy atom. The first kappa shape index (κ1) is 21.2. The Bertz CT molecular complexity index is 1280. The molecule has 164 valence electrons. The molecular weight excluding hydrogens is 444 g/mol. The highest BCUT2D eigenvalue weighted by atomic mass is 35.5. The lowest BCUT2D eigenvalue weighted by atomic mass is 10.0. The fourth-order valence-corrected chi connectivity index (χ4v) is 5.40. The minimum atomic E-state index is -0.00933. The molecule has 1 atom stereocenters. The molecule has 0 bridgehead atoms. The molecule has 32 heavy (non-hydrogen) atoms. The van der Waals surface area contributed by atoms with Gasteiger partial charge in [0.05, 0.1) is 35.9 Å². The van der Waals surface area contributed by atoms with E-state index in [2.05, 4.69) is 24.3 Å². The highest BCUT2D eigenvalue weighted by Crippen LogP contribution is 2.39. The Morgan fingerprint density at radius 1 is 1.22 bits per heavy atom. The van der Waals surface area contributed by atoms with Crippen LogP contribution >= 0.6 is 22.9 Å². The summed E-state index contributed by atoms with van der Waals surface area (Å²) in [5.41, 5.74) is 1.65. The molecule has 1 unspecified atom stereocenters. The number of aromatic nitrogens is 1. The van der Waals surface area contributed by atoms with Crippen LogP contribution < -0.4 is 9.64 Å². The molecule has 1 aromatic heterocycles. The van der Waals surface area contributed by atoms with E-state index in [1.165, 1.54) is 11.3 Å². The molecule has 1 aliphatic rings. The molecule has 1 saturated heterocycles. The smallest absolute Gasteiger partial charge is 0.233 e. The van der Waals surface area contributed by atoms with Gasteiger partial charge < -0.3 is 9.47 Å². The molecule has 7 heteroatoms. The fraction of sp³-hybridized carbons (Fsp3) is 0.280. The molecule has 0 spiro atoms. The van der Waals surface area contributed by atoms with Crippen LogP contribution in [-0.4, -0.2) is 37.3 Å². The lowest BCUT2D eigenvalue weighted by Crippen LogP contribution is -2.38. The molecule has 0 N–H and O–H groups in total. The average molecular weight is 467 g/mol. The third kappa shape index (κ3) is 4.18. The zero-order valence-corrected chi connectivity index (χ0v) is 19.3. The van der Waals surface area contributed by atoms with E-state index in [0.29, 0.717) is 34.4 Å². The van der Waals surface area contributed by atoms with Crippen molar-refractivity contribution in [3.8, 4) is 5.75 Å². The zero-order valence-electron chi connectivity index (χ0n) is 17.7. The monoisotopic (exact) mass is 466 g/mol. The first-order chi connectivity index (χ1) is 15.6. The topological polar surface area (TPSA) is 51.7 Å². The number of nitrogens with zero attached hydrogens (tertiary/aromatic N) is 2. The van der Waals surface area contributed by atoms with Crippen LogP contribution in [0, 0.1) is 0 Å². The molecule has 2 heterocycles. The summed E-state index contributed by atoms with van der Waals surface area (Å²) < 4.78 is 12.1. The lowest BCUT2D eigenvalue weighted by Gasteiger charge is -2.23. The van der Waals surface area contributed by atoms with Gasteiger partial charge in [-0.1, -0.05) is 65.4 Å². The average Bonchev–Trinajstić information content (AvgIpc) is 3.48. The number of carbonyl (C=O) groups is 1. The van der Waals surface area contributed by atoms with Crippen molar-refractivity contribution in [2.75, 3.05) is 25.2 Å². The highest BCUT2D eigenvalue weighted by molar-refractivity contribution is 7.23. The molecule has 0 saturated carbocycles. The number of halogens is 1. The van der Waals surface area contributed by atoms with E-state index in [9.17, 15) is 4.79 Å². The molecule has 3 aromatic carbocycles. The predicted molar refractivity (Wildman–Crippen MR) is 130 cm³/mol. The van der Waals surface area contributed by atoms with Gasteiger partial charge in [-0.3, -0.25) is 9.69 Å². The third-order valence-corrected chi connectivity index (χ3v) is 7.32. The van der Waals surface area contributed by atoms with E-state index in [0.717, 1.165) is 40.5 Å². The molecule has 0 radical (unpaired) electrons. The summed E-state index contributed by atoms with van der Waals surface area (Å²) in [6.45, 7) is 1.21. The van der Waals surface area contributed by atoms with Gasteiger partial charge in [-0.2, -0.15) is 0 Å². The van der Waals surface area contributed by atoms with Gasteiger partial charge in [-0.25, -0.2) is 4.98 Å². The van der Waals surface area contributed by atoms with E-state index in [1.54, 1.807) is 24.1 Å². The first-order valence-electron chi connectivity index (χ1n) is 10.6. The molecule has 4 aromatic rings. The van der Waals surface area contributed by atoms with Crippen molar-refractivity contribution in [2.45, 2.75) is 25.4 Å². The van der Waals surface area contributed by atoms with Gasteiger partial charge in [-0.05, 0) is 41.3 Å². The van der Waals surface area contributed by atoms with E-state index >= 15 is 0 Å². The zero-order chi connectivity index (χ0) is 22.1. The van der Waals surface area contributed by atoms with Crippen molar-refractivity contribution < 1.29 is 14.3 Å². The summed E-state index contributed by atoms with van der Waals surface area (Å²) >= 11 is 7.84. The van der Waals surface area contributed by atoms with Crippen LogP contribution in [0.4, 0.5) is 5.13 Å². The van der Waals surface area contributed by atoms with E-state index < -0.39 is 0 Å². The van der Waals surface area contributed by atoms with Crippen LogP contribution in [0.2, 0.25) is 5.02 Å². The van der Waals surface area contributed by atoms with Crippen molar-refractivity contribution in [3.05, 3.63) is 65.2 Å². The minimum Gasteiger partial charge on any atom is -0.494 e. The minimum absolute atomic E-state index is 0.00933. The molecule has 0 aliphatic carbocycles. The lowest BCUT2D eigenvalue weighted by molar-refractivity contribution is -0.118. The number of amides is 1. The van der Waals surface area contributed by atoms with Crippen LogP contribution in [0.1, 0.15) is 18.4 Å². The van der Waals surface area contributed by atoms with Crippen molar-refractivity contribution in [1.82, 2.24) is 4.98 Å². The fourth-order valence-electron chi connectivity index (χ4n) is 4.12. The second-order valence-corrected chi connectivity index (χ2v) is 9.31. The Labute approximate surface area is 195 Å². The quantitative estimate of drug-likeness (QED) is 0.357. The molecule has 1 fully saturated rings. The summed E-state index contributed by atoms with van der Waals surface area (Å²) in [6.07, 6.45) is 2.25. The van der Waals surface area contributed by atoms with Crippen LogP contribution in [0.3, 0.4) is 0 Å². The van der Waals surface area contributed by atoms with Gasteiger partial charge in [0.15, 0.2) is 5.13 Å². The van der Waals surface area contributed by atoms with Gasteiger partial charge in [0, 0.05) is 6.61 Å². The Kier molecular flexibility index (Phi) is 6.00. The first-order valence-corrected chi connectivity index (χ1v) is 11.8. The molecular formula is C25H23ClN2O3S. The SMILES string of the molecule is COc1ccc(Cl)c2sc(N(CC3CCCO3)C(=O)Cc3ccc4ccccc4c3)nc12. The second kappa shape index (κ2) is 9.06. The van der Waals surface area contributed by atoms with Crippen LogP contribution in [-0.2, 0) is 16.0 Å². The summed E-state index contributed by atoms with van der Waals surface area (Å²) in [4.78, 5) is 20.0. The largest absolute Gasteiger partial charge is 0.494 e. The number of thiazole rings is 1. The number of hydrogen-bond donors (Lipinski definition) is 0. The van der Waals surface area contributed by atoms with Gasteiger partial charge >= 0.3 is 0 Å². The Morgan fingerprint density at radius 3 is 2.84 bits per heavy atom. The number of fused-ring (bicyclic) bond motifs is 2. The second-order valence-electron chi connectivity index (χ2n) is 7.92. The highest BCUT2D eigenvalue weighted by Gasteiger charge is 2.27. The predicted octanol–water partition coefficient (Wildman–Crippen LogP) is 5.87. The van der Waals surface area contributed by atoms with Crippen molar-refractivity contribution in [1.29, 1.82) is 0 Å². The van der Waals surface area contributed by atoms with Gasteiger partial charge in [0.25, 0.3) is 0 Å². The maximum absolute atomic E-state index is 13.5. The van der Waals surface area contributed by atoms with Crippen molar-refractivity contribution in [2.24, 2.45) is 0 Å². The number of rotatable bonds is 6. The van der Waals surface area contributed by atoms with Crippen LogP contribution in [0.15, 0.2) is 54.6 Å². The number of anilines is 1. The van der Waals surface area contributed by atoms with Crippen molar-refractivity contribution >= 4 is 55.0 Å². The maximum atomic E-state index is 13.5. The number of carbonyl (C=O) groups excluding carboxylic acids is 1. The molecule has 5 nitrogen and oxygen atoms in total. The maximum Gasteiger partial charge on any atom is 0.233 e. The van der Waals surface area contributed by atoms with Crippen LogP contribution in [0.5, 0.6) is 5.75 Å². The van der Waals surface area contributed by atoms with E-state index in [1.807, 2.05) is 18.2 Å². The van der Waals surface area contributed by atoms with Crippen LogP contribution in [0.25, 0.3) is 21.0 Å². The number of methoxy groups -OCH3 is 1. The molecule has 1 aliphatic heterocycles. The standard InChI is InChI=1S/C25H23ClN2O3S/c1-30-21-11-10-20(26)24-23(21)27-25(32-24)28(15-19-7-4-12-31-19)22(29)14-16-8-9-17-5-2-3-6-18(17)13-16/h2-3,5-6,8-11,13,19H,4,7,12,14-15H2,1H3. The summed E-state index contributed by atoms with van der Waals surface area (Å²) in [6, 6.07) is 17.9. The number of benzene rings is 3. The van der Waals surface area contributed by atoms with Gasteiger partial charge in [0.1, 0.15) is 11.3 Å². The summed E-state index contributed by atoms with van der Waals surface area (Å²) in [7, 11) is 1.61.